The minimum absolute atomic E-state index is 0.0767. The number of benzene rings is 1. The molecule has 0 saturated carbocycles. The Morgan fingerprint density at radius 3 is 2.77 bits per heavy atom. The summed E-state index contributed by atoms with van der Waals surface area (Å²) >= 11 is 0. The fourth-order valence-corrected chi connectivity index (χ4v) is 4.04. The van der Waals surface area contributed by atoms with E-state index in [9.17, 15) is 14.4 Å². The Labute approximate surface area is 171 Å². The number of hydrogen-bond acceptors (Lipinski definition) is 6. The zero-order valence-electron chi connectivity index (χ0n) is 16.3. The molecule has 0 bridgehead atoms. The van der Waals surface area contributed by atoms with Crippen molar-refractivity contribution in [2.24, 2.45) is 0 Å². The zero-order valence-corrected chi connectivity index (χ0v) is 16.3. The van der Waals surface area contributed by atoms with Gasteiger partial charge in [0, 0.05) is 29.4 Å². The minimum atomic E-state index is -1.54. The second-order valence-corrected chi connectivity index (χ2v) is 7.42. The first-order valence-electron chi connectivity index (χ1n) is 9.37. The fraction of sp³-hybridized carbons (Fsp3) is 0.238. The Morgan fingerprint density at radius 1 is 1.23 bits per heavy atom. The van der Waals surface area contributed by atoms with E-state index >= 15 is 0 Å². The van der Waals surface area contributed by atoms with Crippen molar-refractivity contribution < 1.29 is 23.5 Å². The van der Waals surface area contributed by atoms with Gasteiger partial charge in [0.15, 0.2) is 5.54 Å². The number of rotatable bonds is 4. The Hall–Kier alpha value is -3.88. The summed E-state index contributed by atoms with van der Waals surface area (Å²) in [6, 6.07) is 8.03. The number of ether oxygens (including phenoxy) is 1. The van der Waals surface area contributed by atoms with Gasteiger partial charge in [-0.3, -0.25) is 19.9 Å². The van der Waals surface area contributed by atoms with Crippen LogP contribution >= 0.6 is 0 Å². The topological polar surface area (TPSA) is 114 Å². The smallest absolute Gasteiger partial charge is 0.322 e. The van der Waals surface area contributed by atoms with Gasteiger partial charge in [-0.1, -0.05) is 6.07 Å². The van der Waals surface area contributed by atoms with Crippen LogP contribution in [0.2, 0.25) is 0 Å². The van der Waals surface area contributed by atoms with Gasteiger partial charge in [0.05, 0.1) is 13.7 Å². The maximum Gasteiger partial charge on any atom is 0.322 e. The van der Waals surface area contributed by atoms with Crippen LogP contribution in [0.25, 0.3) is 11.0 Å². The number of urea groups is 1. The van der Waals surface area contributed by atoms with Crippen molar-refractivity contribution >= 4 is 28.8 Å². The Balaban J connectivity index is 1.56. The SMILES string of the molecule is COc1ccc2c(c1)C(=O)N(C[C@@]1(c3cc4c(C)nccc4o3)NC(=O)NC1=O)C2. The maximum absolute atomic E-state index is 13.0. The van der Waals surface area contributed by atoms with Crippen LogP contribution in [-0.2, 0) is 16.9 Å². The molecule has 4 heterocycles. The molecule has 0 radical (unpaired) electrons. The highest BCUT2D eigenvalue weighted by atomic mass is 16.5. The molecule has 0 unspecified atom stereocenters. The van der Waals surface area contributed by atoms with E-state index < -0.39 is 17.5 Å². The normalized spacial score (nSPS) is 20.5. The first-order valence-corrected chi connectivity index (χ1v) is 9.37. The number of carbonyl (C=O) groups excluding carboxylic acids is 3. The highest BCUT2D eigenvalue weighted by Gasteiger charge is 2.53. The van der Waals surface area contributed by atoms with Crippen molar-refractivity contribution in [1.29, 1.82) is 0 Å². The van der Waals surface area contributed by atoms with Crippen molar-refractivity contribution in [3.05, 3.63) is 59.1 Å². The number of aromatic nitrogens is 1. The van der Waals surface area contributed by atoms with E-state index in [1.54, 1.807) is 30.5 Å². The van der Waals surface area contributed by atoms with Crippen LogP contribution in [0.5, 0.6) is 5.75 Å². The zero-order chi connectivity index (χ0) is 21.0. The second kappa shape index (κ2) is 6.31. The number of pyridine rings is 1. The number of imide groups is 1. The average Bonchev–Trinajstić information content (AvgIpc) is 3.38. The van der Waals surface area contributed by atoms with Gasteiger partial charge in [0.1, 0.15) is 17.1 Å². The second-order valence-electron chi connectivity index (χ2n) is 7.42. The van der Waals surface area contributed by atoms with Crippen LogP contribution < -0.4 is 15.4 Å². The minimum Gasteiger partial charge on any atom is -0.497 e. The van der Waals surface area contributed by atoms with Gasteiger partial charge in [-0.05, 0) is 36.8 Å². The van der Waals surface area contributed by atoms with Gasteiger partial charge in [0.25, 0.3) is 11.8 Å². The molecule has 0 spiro atoms. The third kappa shape index (κ3) is 2.55. The lowest BCUT2D eigenvalue weighted by atomic mass is 9.95. The molecule has 9 heteroatoms. The van der Waals surface area contributed by atoms with Crippen molar-refractivity contribution in [3.8, 4) is 5.75 Å². The van der Waals surface area contributed by atoms with Crippen molar-refractivity contribution in [3.63, 3.8) is 0 Å². The number of furan rings is 1. The fourth-order valence-electron chi connectivity index (χ4n) is 4.04. The first kappa shape index (κ1) is 18.2. The van der Waals surface area contributed by atoms with E-state index in [4.69, 9.17) is 9.15 Å². The van der Waals surface area contributed by atoms with Crippen LogP contribution in [0, 0.1) is 6.92 Å². The summed E-state index contributed by atoms with van der Waals surface area (Å²) in [6.45, 7) is 2.06. The van der Waals surface area contributed by atoms with Crippen molar-refractivity contribution in [2.75, 3.05) is 13.7 Å². The molecule has 9 nitrogen and oxygen atoms in total. The molecule has 30 heavy (non-hydrogen) atoms. The van der Waals surface area contributed by atoms with Crippen molar-refractivity contribution in [1.82, 2.24) is 20.5 Å². The molecule has 1 fully saturated rings. The average molecular weight is 406 g/mol. The van der Waals surface area contributed by atoms with E-state index in [1.165, 1.54) is 12.0 Å². The molecule has 152 valence electrons. The molecular weight excluding hydrogens is 388 g/mol. The van der Waals surface area contributed by atoms with Gasteiger partial charge in [-0.2, -0.15) is 0 Å². The number of aryl methyl sites for hydroxylation is 1. The third-order valence-corrected chi connectivity index (χ3v) is 5.63. The van der Waals surface area contributed by atoms with Crippen LogP contribution in [0.1, 0.15) is 27.4 Å². The number of carbonyl (C=O) groups is 3. The van der Waals surface area contributed by atoms with Gasteiger partial charge in [0.2, 0.25) is 0 Å². The van der Waals surface area contributed by atoms with Gasteiger partial charge in [-0.25, -0.2) is 4.79 Å². The molecule has 2 aliphatic rings. The molecule has 2 aliphatic heterocycles. The molecular formula is C21H18N4O5. The highest BCUT2D eigenvalue weighted by molar-refractivity contribution is 6.08. The van der Waals surface area contributed by atoms with Gasteiger partial charge >= 0.3 is 6.03 Å². The van der Waals surface area contributed by atoms with Crippen LogP contribution in [0.15, 0.2) is 40.9 Å². The predicted octanol–water partition coefficient (Wildman–Crippen LogP) is 1.84. The quantitative estimate of drug-likeness (QED) is 0.639. The van der Waals surface area contributed by atoms with E-state index in [1.807, 2.05) is 13.0 Å². The molecule has 2 N–H and O–H groups in total. The maximum atomic E-state index is 13.0. The number of hydrogen-bond donors (Lipinski definition) is 2. The summed E-state index contributed by atoms with van der Waals surface area (Å²) in [5.41, 5.74) is 1.08. The Morgan fingerprint density at radius 2 is 2.07 bits per heavy atom. The van der Waals surface area contributed by atoms with E-state index in [0.29, 0.717) is 23.4 Å². The molecule has 1 atom stereocenters. The van der Waals surface area contributed by atoms with Gasteiger partial charge < -0.3 is 19.4 Å². The summed E-state index contributed by atoms with van der Waals surface area (Å²) in [5, 5.41) is 5.69. The van der Waals surface area contributed by atoms with Crippen LogP contribution in [-0.4, -0.2) is 41.4 Å². The molecule has 5 rings (SSSR count). The summed E-state index contributed by atoms with van der Waals surface area (Å²) in [4.78, 5) is 43.8. The first-order chi connectivity index (χ1) is 14.4. The number of nitrogens with zero attached hydrogens (tertiary/aromatic N) is 2. The Bertz CT molecular complexity index is 1230. The Kier molecular flexibility index (Phi) is 3.82. The lowest BCUT2D eigenvalue weighted by Gasteiger charge is -2.29. The number of fused-ring (bicyclic) bond motifs is 2. The number of methoxy groups -OCH3 is 1. The summed E-state index contributed by atoms with van der Waals surface area (Å²) in [7, 11) is 1.53. The molecule has 1 saturated heterocycles. The van der Waals surface area contributed by atoms with E-state index in [2.05, 4.69) is 15.6 Å². The monoisotopic (exact) mass is 406 g/mol. The summed E-state index contributed by atoms with van der Waals surface area (Å²) in [5.74, 6) is 0.00816. The molecule has 1 aromatic carbocycles. The number of nitrogens with one attached hydrogen (secondary N) is 2. The lowest BCUT2D eigenvalue weighted by molar-refractivity contribution is -0.125. The summed E-state index contributed by atoms with van der Waals surface area (Å²) < 4.78 is 11.1. The molecule has 3 aromatic rings. The third-order valence-electron chi connectivity index (χ3n) is 5.63. The lowest BCUT2D eigenvalue weighted by Crippen LogP contribution is -2.52. The van der Waals surface area contributed by atoms with Crippen LogP contribution in [0.4, 0.5) is 4.79 Å². The molecule has 2 aromatic heterocycles. The predicted molar refractivity (Wildman–Crippen MR) is 105 cm³/mol. The van der Waals surface area contributed by atoms with Crippen LogP contribution in [0.3, 0.4) is 0 Å². The molecule has 0 aliphatic carbocycles. The van der Waals surface area contributed by atoms with E-state index in [0.717, 1.165) is 16.6 Å². The molecule has 4 amide bonds. The standard InChI is InChI=1S/C21H18N4O5/c1-11-14-8-17(30-16(14)5-6-22-11)21(19(27)23-20(28)24-21)10-25-9-12-3-4-13(29-2)7-15(12)18(25)26/h3-8H,9-10H2,1-2H3,(H2,23,24,27,28)/t21-/m0/s1. The van der Waals surface area contributed by atoms with Crippen molar-refractivity contribution in [2.45, 2.75) is 19.0 Å². The number of amides is 4. The summed E-state index contributed by atoms with van der Waals surface area (Å²) in [6.07, 6.45) is 1.61. The largest absolute Gasteiger partial charge is 0.497 e. The van der Waals surface area contributed by atoms with Gasteiger partial charge in [-0.15, -0.1) is 0 Å². The highest BCUT2D eigenvalue weighted by Crippen LogP contribution is 2.35. The van der Waals surface area contributed by atoms with E-state index in [-0.39, 0.29) is 18.2 Å².